The molecule has 1 aliphatic carbocycles. The minimum Gasteiger partial charge on any atom is -0.459 e. The molecular weight excluding hydrogens is 266 g/mol. The summed E-state index contributed by atoms with van der Waals surface area (Å²) in [6, 6.07) is 7.73. The van der Waals surface area contributed by atoms with Crippen LogP contribution in [0.3, 0.4) is 0 Å². The van der Waals surface area contributed by atoms with Crippen molar-refractivity contribution in [1.29, 1.82) is 0 Å². The van der Waals surface area contributed by atoms with Crippen molar-refractivity contribution in [2.45, 2.75) is 37.9 Å². The minimum atomic E-state index is -0.278. The molecule has 0 aliphatic heterocycles. The molecule has 2 aromatic rings. The average Bonchev–Trinajstić information content (AvgIpc) is 2.55. The van der Waals surface area contributed by atoms with Crippen LogP contribution in [0.15, 0.2) is 36.7 Å². The van der Waals surface area contributed by atoms with Gasteiger partial charge in [-0.2, -0.15) is 0 Å². The quantitative estimate of drug-likeness (QED) is 0.811. The van der Waals surface area contributed by atoms with Crippen LogP contribution in [0, 0.1) is 0 Å². The van der Waals surface area contributed by atoms with Gasteiger partial charge in [-0.25, -0.2) is 4.79 Å². The lowest BCUT2D eigenvalue weighted by atomic mass is 9.95. The van der Waals surface area contributed by atoms with E-state index in [-0.39, 0.29) is 12.1 Å². The summed E-state index contributed by atoms with van der Waals surface area (Å²) in [6.45, 7) is 0. The highest BCUT2D eigenvalue weighted by atomic mass is 16.5. The first-order valence-electron chi connectivity index (χ1n) is 7.34. The number of rotatable bonds is 3. The first-order valence-corrected chi connectivity index (χ1v) is 7.34. The fraction of sp³-hybridized carbons (Fsp3) is 0.412. The topological polar surface area (TPSA) is 48.4 Å². The first-order chi connectivity index (χ1) is 10.3. The van der Waals surface area contributed by atoms with E-state index in [1.54, 1.807) is 19.5 Å². The Hall–Kier alpha value is -1.94. The van der Waals surface area contributed by atoms with Crippen LogP contribution in [0.2, 0.25) is 0 Å². The Morgan fingerprint density at radius 2 is 1.81 bits per heavy atom. The smallest absolute Gasteiger partial charge is 0.340 e. The van der Waals surface area contributed by atoms with Crippen LogP contribution in [0.25, 0.3) is 10.8 Å². The predicted molar refractivity (Wildman–Crippen MR) is 80.2 cm³/mol. The summed E-state index contributed by atoms with van der Waals surface area (Å²) in [7, 11) is 1.73. The number of carbonyl (C=O) groups excluding carboxylic acids is 1. The van der Waals surface area contributed by atoms with E-state index in [1.165, 1.54) is 0 Å². The van der Waals surface area contributed by atoms with Crippen molar-refractivity contribution >= 4 is 16.7 Å². The van der Waals surface area contributed by atoms with Gasteiger partial charge in [0.05, 0.1) is 11.7 Å². The Bertz CT molecular complexity index is 627. The number of ether oxygens (including phenoxy) is 2. The standard InChI is InChI=1S/C17H19NO3/c1-20-13-6-8-14(9-7-13)21-17(19)16-11-18-10-12-4-2-3-5-15(12)16/h2-5,10-11,13-14H,6-9H2,1H3. The van der Waals surface area contributed by atoms with Gasteiger partial charge in [-0.3, -0.25) is 4.98 Å². The van der Waals surface area contributed by atoms with Gasteiger partial charge in [0.15, 0.2) is 0 Å². The summed E-state index contributed by atoms with van der Waals surface area (Å²) in [5, 5.41) is 1.85. The summed E-state index contributed by atoms with van der Waals surface area (Å²) in [5.74, 6) is -0.278. The van der Waals surface area contributed by atoms with Crippen molar-refractivity contribution in [1.82, 2.24) is 4.98 Å². The summed E-state index contributed by atoms with van der Waals surface area (Å²) in [6.07, 6.45) is 7.26. The van der Waals surface area contributed by atoms with E-state index in [0.717, 1.165) is 36.5 Å². The Morgan fingerprint density at radius 1 is 1.10 bits per heavy atom. The third-order valence-corrected chi connectivity index (χ3v) is 4.12. The fourth-order valence-electron chi connectivity index (χ4n) is 2.88. The zero-order chi connectivity index (χ0) is 14.7. The van der Waals surface area contributed by atoms with Crippen LogP contribution >= 0.6 is 0 Å². The van der Waals surface area contributed by atoms with Crippen LogP contribution in [-0.4, -0.2) is 30.3 Å². The molecule has 1 heterocycles. The van der Waals surface area contributed by atoms with Crippen molar-refractivity contribution in [2.75, 3.05) is 7.11 Å². The third-order valence-electron chi connectivity index (χ3n) is 4.12. The molecule has 1 aliphatic rings. The Balaban J connectivity index is 1.73. The summed E-state index contributed by atoms with van der Waals surface area (Å²) < 4.78 is 11.0. The highest BCUT2D eigenvalue weighted by Crippen LogP contribution is 2.25. The summed E-state index contributed by atoms with van der Waals surface area (Å²) >= 11 is 0. The van der Waals surface area contributed by atoms with Crippen molar-refractivity contribution in [3.63, 3.8) is 0 Å². The number of aromatic nitrogens is 1. The van der Waals surface area contributed by atoms with E-state index in [9.17, 15) is 4.79 Å². The largest absolute Gasteiger partial charge is 0.459 e. The van der Waals surface area contributed by atoms with E-state index < -0.39 is 0 Å². The second-order valence-corrected chi connectivity index (χ2v) is 5.45. The van der Waals surface area contributed by atoms with Gasteiger partial charge in [0.25, 0.3) is 0 Å². The molecule has 1 fully saturated rings. The maximum Gasteiger partial charge on any atom is 0.340 e. The maximum absolute atomic E-state index is 12.4. The van der Waals surface area contributed by atoms with Gasteiger partial charge >= 0.3 is 5.97 Å². The van der Waals surface area contributed by atoms with Crippen molar-refractivity contribution in [3.8, 4) is 0 Å². The lowest BCUT2D eigenvalue weighted by Gasteiger charge is -2.27. The number of nitrogens with zero attached hydrogens (tertiary/aromatic N) is 1. The van der Waals surface area contributed by atoms with Crippen LogP contribution in [0.1, 0.15) is 36.0 Å². The number of esters is 1. The molecule has 0 radical (unpaired) electrons. The molecule has 0 bridgehead atoms. The first kappa shape index (κ1) is 14.0. The average molecular weight is 285 g/mol. The van der Waals surface area contributed by atoms with E-state index in [0.29, 0.717) is 11.7 Å². The normalized spacial score (nSPS) is 22.1. The van der Waals surface area contributed by atoms with Crippen LogP contribution in [-0.2, 0) is 9.47 Å². The summed E-state index contributed by atoms with van der Waals surface area (Å²) in [5.41, 5.74) is 0.543. The Morgan fingerprint density at radius 3 is 2.57 bits per heavy atom. The van der Waals surface area contributed by atoms with Gasteiger partial charge < -0.3 is 9.47 Å². The molecule has 0 saturated heterocycles. The van der Waals surface area contributed by atoms with Crippen molar-refractivity contribution in [2.24, 2.45) is 0 Å². The number of fused-ring (bicyclic) bond motifs is 1. The molecule has 0 amide bonds. The molecular formula is C17H19NO3. The Kier molecular flexibility index (Phi) is 4.15. The van der Waals surface area contributed by atoms with E-state index in [2.05, 4.69) is 4.98 Å². The molecule has 0 unspecified atom stereocenters. The van der Waals surface area contributed by atoms with Crippen molar-refractivity contribution in [3.05, 3.63) is 42.2 Å². The minimum absolute atomic E-state index is 0.0112. The highest BCUT2D eigenvalue weighted by molar-refractivity contribution is 6.03. The molecule has 110 valence electrons. The number of pyridine rings is 1. The van der Waals surface area contributed by atoms with Gasteiger partial charge in [-0.1, -0.05) is 24.3 Å². The molecule has 4 nitrogen and oxygen atoms in total. The fourth-order valence-corrected chi connectivity index (χ4v) is 2.88. The molecule has 21 heavy (non-hydrogen) atoms. The molecule has 0 N–H and O–H groups in total. The second-order valence-electron chi connectivity index (χ2n) is 5.45. The monoisotopic (exact) mass is 285 g/mol. The van der Waals surface area contributed by atoms with Crippen LogP contribution in [0.5, 0.6) is 0 Å². The molecule has 4 heteroatoms. The van der Waals surface area contributed by atoms with E-state index in [4.69, 9.17) is 9.47 Å². The number of benzene rings is 1. The van der Waals surface area contributed by atoms with Crippen LogP contribution in [0.4, 0.5) is 0 Å². The zero-order valence-electron chi connectivity index (χ0n) is 12.1. The molecule has 1 aromatic carbocycles. The van der Waals surface area contributed by atoms with Gasteiger partial charge in [-0.15, -0.1) is 0 Å². The maximum atomic E-state index is 12.4. The van der Waals surface area contributed by atoms with E-state index in [1.807, 2.05) is 24.3 Å². The molecule has 1 saturated carbocycles. The predicted octanol–water partition coefficient (Wildman–Crippen LogP) is 3.35. The molecule has 0 atom stereocenters. The summed E-state index contributed by atoms with van der Waals surface area (Å²) in [4.78, 5) is 16.5. The number of methoxy groups -OCH3 is 1. The SMILES string of the molecule is COC1CCC(OC(=O)c2cncc3ccccc23)CC1. The molecule has 0 spiro atoms. The number of hydrogen-bond acceptors (Lipinski definition) is 4. The number of carbonyl (C=O) groups is 1. The third kappa shape index (κ3) is 3.05. The van der Waals surface area contributed by atoms with Gasteiger partial charge in [0.1, 0.15) is 6.10 Å². The second kappa shape index (κ2) is 6.22. The van der Waals surface area contributed by atoms with E-state index >= 15 is 0 Å². The lowest BCUT2D eigenvalue weighted by molar-refractivity contribution is -0.00528. The Labute approximate surface area is 124 Å². The van der Waals surface area contributed by atoms with Gasteiger partial charge in [0.2, 0.25) is 0 Å². The lowest BCUT2D eigenvalue weighted by Crippen LogP contribution is -2.27. The zero-order valence-corrected chi connectivity index (χ0v) is 12.1. The molecule has 1 aromatic heterocycles. The highest BCUT2D eigenvalue weighted by Gasteiger charge is 2.24. The van der Waals surface area contributed by atoms with Gasteiger partial charge in [0, 0.05) is 24.9 Å². The van der Waals surface area contributed by atoms with Crippen LogP contribution < -0.4 is 0 Å². The molecule has 3 rings (SSSR count). The number of hydrogen-bond donors (Lipinski definition) is 0. The van der Waals surface area contributed by atoms with Crippen molar-refractivity contribution < 1.29 is 14.3 Å². The van der Waals surface area contributed by atoms with Gasteiger partial charge in [-0.05, 0) is 31.1 Å².